The van der Waals surface area contributed by atoms with Gasteiger partial charge in [0.2, 0.25) is 0 Å². The molecule has 0 aliphatic carbocycles. The van der Waals surface area contributed by atoms with E-state index in [1.54, 1.807) is 18.2 Å². The lowest BCUT2D eigenvalue weighted by Crippen LogP contribution is -2.29. The number of anilines is 1. The van der Waals surface area contributed by atoms with Gasteiger partial charge >= 0.3 is 0 Å². The predicted octanol–water partition coefficient (Wildman–Crippen LogP) is 5.38. The highest BCUT2D eigenvalue weighted by atomic mass is 16.5. The van der Waals surface area contributed by atoms with E-state index in [0.29, 0.717) is 17.2 Å². The van der Waals surface area contributed by atoms with Crippen molar-refractivity contribution in [3.63, 3.8) is 0 Å². The summed E-state index contributed by atoms with van der Waals surface area (Å²) in [7, 11) is 4.86. The van der Waals surface area contributed by atoms with Crippen molar-refractivity contribution in [2.24, 2.45) is 7.05 Å². The molecule has 0 saturated carbocycles. The second-order valence-electron chi connectivity index (χ2n) is 8.94. The molecule has 1 aromatic heterocycles. The molecule has 1 unspecified atom stereocenters. The molecule has 1 atom stereocenters. The van der Waals surface area contributed by atoms with Crippen molar-refractivity contribution in [3.05, 3.63) is 95.2 Å². The molecular weight excluding hydrogens is 468 g/mol. The molecule has 1 aliphatic rings. The van der Waals surface area contributed by atoms with Crippen LogP contribution < -0.4 is 14.4 Å². The van der Waals surface area contributed by atoms with Crippen LogP contribution in [0.4, 0.5) is 5.69 Å². The summed E-state index contributed by atoms with van der Waals surface area (Å²) in [5.41, 5.74) is 3.55. The summed E-state index contributed by atoms with van der Waals surface area (Å²) < 4.78 is 12.9. The Hall–Kier alpha value is -4.52. The average Bonchev–Trinajstić information content (AvgIpc) is 3.40. The lowest BCUT2D eigenvalue weighted by molar-refractivity contribution is -0.132. The number of Topliss-reactive ketones (excluding diaryl/α,β-unsaturated/α-hetero) is 1. The number of hydrogen-bond donors (Lipinski definition) is 1. The predicted molar refractivity (Wildman–Crippen MR) is 143 cm³/mol. The molecule has 188 valence electrons. The Balaban J connectivity index is 1.83. The molecular formula is C30H28N2O5. The van der Waals surface area contributed by atoms with Crippen molar-refractivity contribution in [3.8, 4) is 11.5 Å². The van der Waals surface area contributed by atoms with Crippen molar-refractivity contribution < 1.29 is 24.2 Å². The Bertz CT molecular complexity index is 1530. The summed E-state index contributed by atoms with van der Waals surface area (Å²) in [4.78, 5) is 28.7. The molecule has 0 spiro atoms. The number of para-hydroxylation sites is 1. The molecule has 1 aliphatic heterocycles. The number of rotatable bonds is 6. The number of carbonyl (C=O) groups is 2. The fourth-order valence-corrected chi connectivity index (χ4v) is 5.10. The maximum absolute atomic E-state index is 13.7. The molecule has 2 heterocycles. The molecule has 1 amide bonds. The number of ether oxygens (including phenoxy) is 2. The molecule has 1 N–H and O–H groups in total. The van der Waals surface area contributed by atoms with E-state index in [4.69, 9.17) is 9.47 Å². The van der Waals surface area contributed by atoms with Crippen LogP contribution in [0.2, 0.25) is 0 Å². The van der Waals surface area contributed by atoms with Crippen molar-refractivity contribution in [1.82, 2.24) is 4.57 Å². The number of aromatic nitrogens is 1. The zero-order valence-electron chi connectivity index (χ0n) is 21.2. The number of benzene rings is 3. The van der Waals surface area contributed by atoms with E-state index in [1.807, 2.05) is 66.3 Å². The van der Waals surface area contributed by atoms with E-state index in [-0.39, 0.29) is 16.9 Å². The Kier molecular flexibility index (Phi) is 6.21. The Morgan fingerprint density at radius 3 is 2.19 bits per heavy atom. The van der Waals surface area contributed by atoms with Crippen LogP contribution in [0.25, 0.3) is 16.7 Å². The number of ketones is 1. The number of aliphatic hydroxyl groups is 1. The number of amides is 1. The average molecular weight is 497 g/mol. The molecule has 1 saturated heterocycles. The maximum Gasteiger partial charge on any atom is 0.300 e. The largest absolute Gasteiger partial charge is 0.506 e. The van der Waals surface area contributed by atoms with Gasteiger partial charge in [0, 0.05) is 35.4 Å². The number of aryl methyl sites for hydroxylation is 2. The maximum atomic E-state index is 13.7. The van der Waals surface area contributed by atoms with E-state index in [2.05, 4.69) is 6.92 Å². The first-order valence-corrected chi connectivity index (χ1v) is 12.1. The molecule has 0 radical (unpaired) electrons. The quantitative estimate of drug-likeness (QED) is 0.220. The second kappa shape index (κ2) is 9.50. The van der Waals surface area contributed by atoms with Crippen LogP contribution in [0.3, 0.4) is 0 Å². The lowest BCUT2D eigenvalue weighted by atomic mass is 9.94. The summed E-state index contributed by atoms with van der Waals surface area (Å²) in [5, 5.41) is 12.6. The molecule has 7 nitrogen and oxygen atoms in total. The van der Waals surface area contributed by atoms with Crippen LogP contribution in [0.5, 0.6) is 11.5 Å². The summed E-state index contributed by atoms with van der Waals surface area (Å²) in [6, 6.07) is 19.5. The third-order valence-electron chi connectivity index (χ3n) is 6.95. The minimum atomic E-state index is -0.867. The van der Waals surface area contributed by atoms with E-state index < -0.39 is 17.7 Å². The Morgan fingerprint density at radius 1 is 0.919 bits per heavy atom. The standard InChI is InChI=1S/C30H28N2O5/c1-5-18-13-15-19(16-14-18)32-27(21-17-31(2)22-10-7-6-9-20(21)22)26(29(34)30(32)35)28(33)25-23(36-3)11-8-12-24(25)37-4/h6-17,27,33H,5H2,1-4H3/b28-26+. The number of carbonyl (C=O) groups excluding carboxylic acids is 2. The van der Waals surface area contributed by atoms with Crippen LogP contribution >= 0.6 is 0 Å². The van der Waals surface area contributed by atoms with Gasteiger partial charge in [-0.1, -0.05) is 43.3 Å². The van der Waals surface area contributed by atoms with Crippen LogP contribution in [-0.4, -0.2) is 35.6 Å². The topological polar surface area (TPSA) is 81.0 Å². The zero-order chi connectivity index (χ0) is 26.3. The van der Waals surface area contributed by atoms with Crippen molar-refractivity contribution in [2.75, 3.05) is 19.1 Å². The van der Waals surface area contributed by atoms with Gasteiger partial charge in [0.15, 0.2) is 0 Å². The summed E-state index contributed by atoms with van der Waals surface area (Å²) in [6.07, 6.45) is 2.75. The number of aliphatic hydroxyl groups excluding tert-OH is 1. The highest BCUT2D eigenvalue weighted by Gasteiger charge is 2.48. The van der Waals surface area contributed by atoms with Gasteiger partial charge in [-0.25, -0.2) is 0 Å². The van der Waals surface area contributed by atoms with Crippen molar-refractivity contribution in [2.45, 2.75) is 19.4 Å². The van der Waals surface area contributed by atoms with Gasteiger partial charge in [-0.3, -0.25) is 14.5 Å². The highest BCUT2D eigenvalue weighted by Crippen LogP contribution is 2.46. The van der Waals surface area contributed by atoms with E-state index in [1.165, 1.54) is 19.1 Å². The van der Waals surface area contributed by atoms with Gasteiger partial charge in [-0.05, 0) is 42.3 Å². The third-order valence-corrected chi connectivity index (χ3v) is 6.95. The first-order valence-electron chi connectivity index (χ1n) is 12.1. The number of hydrogen-bond acceptors (Lipinski definition) is 5. The molecule has 5 rings (SSSR count). The summed E-state index contributed by atoms with van der Waals surface area (Å²) in [6.45, 7) is 2.05. The highest BCUT2D eigenvalue weighted by molar-refractivity contribution is 6.52. The lowest BCUT2D eigenvalue weighted by Gasteiger charge is -2.25. The van der Waals surface area contributed by atoms with Crippen LogP contribution in [-0.2, 0) is 23.1 Å². The van der Waals surface area contributed by atoms with E-state index >= 15 is 0 Å². The van der Waals surface area contributed by atoms with Crippen molar-refractivity contribution >= 4 is 34.0 Å². The minimum absolute atomic E-state index is 0.0243. The first kappa shape index (κ1) is 24.2. The smallest absolute Gasteiger partial charge is 0.300 e. The van der Waals surface area contributed by atoms with Crippen LogP contribution in [0.15, 0.2) is 78.5 Å². The number of nitrogens with zero attached hydrogens (tertiary/aromatic N) is 2. The molecule has 7 heteroatoms. The Labute approximate surface area is 215 Å². The molecule has 0 bridgehead atoms. The Morgan fingerprint density at radius 2 is 1.57 bits per heavy atom. The second-order valence-corrected chi connectivity index (χ2v) is 8.94. The number of fused-ring (bicyclic) bond motifs is 1. The minimum Gasteiger partial charge on any atom is -0.506 e. The number of methoxy groups -OCH3 is 2. The fourth-order valence-electron chi connectivity index (χ4n) is 5.10. The van der Waals surface area contributed by atoms with Gasteiger partial charge < -0.3 is 19.1 Å². The normalized spacial score (nSPS) is 17.0. The van der Waals surface area contributed by atoms with Gasteiger partial charge in [0.05, 0.1) is 25.8 Å². The van der Waals surface area contributed by atoms with E-state index in [0.717, 1.165) is 28.5 Å². The van der Waals surface area contributed by atoms with Crippen LogP contribution in [0, 0.1) is 0 Å². The van der Waals surface area contributed by atoms with E-state index in [9.17, 15) is 14.7 Å². The van der Waals surface area contributed by atoms with Gasteiger partial charge in [-0.2, -0.15) is 0 Å². The van der Waals surface area contributed by atoms with Gasteiger partial charge in [0.1, 0.15) is 22.8 Å². The zero-order valence-corrected chi connectivity index (χ0v) is 21.2. The fraction of sp³-hybridized carbons (Fsp3) is 0.200. The van der Waals surface area contributed by atoms with Crippen LogP contribution in [0.1, 0.15) is 29.7 Å². The molecule has 3 aromatic carbocycles. The van der Waals surface area contributed by atoms with Crippen molar-refractivity contribution in [1.29, 1.82) is 0 Å². The molecule has 1 fully saturated rings. The summed E-state index contributed by atoms with van der Waals surface area (Å²) >= 11 is 0. The molecule has 4 aromatic rings. The monoisotopic (exact) mass is 496 g/mol. The van der Waals surface area contributed by atoms with Gasteiger partial charge in [-0.15, -0.1) is 0 Å². The summed E-state index contributed by atoms with van der Waals surface area (Å²) in [5.74, 6) is -1.18. The molecule has 37 heavy (non-hydrogen) atoms. The first-order chi connectivity index (χ1) is 17.9. The SMILES string of the molecule is CCc1ccc(N2C(=O)C(=O)/C(=C(/O)c3c(OC)cccc3OC)C2c2cn(C)c3ccccc23)cc1. The third kappa shape index (κ3) is 3.83. The van der Waals surface area contributed by atoms with Gasteiger partial charge in [0.25, 0.3) is 11.7 Å².